The maximum atomic E-state index is 14.0. The lowest BCUT2D eigenvalue weighted by atomic mass is 9.92. The summed E-state index contributed by atoms with van der Waals surface area (Å²) in [7, 11) is 0. The molecule has 0 N–H and O–H groups in total. The Morgan fingerprint density at radius 1 is 1.14 bits per heavy atom. The summed E-state index contributed by atoms with van der Waals surface area (Å²) < 4.78 is 20.1. The first-order chi connectivity index (χ1) is 16.9. The first-order valence-electron chi connectivity index (χ1n) is 12.5. The average Bonchev–Trinajstić information content (AvgIpc) is 3.62. The number of allylic oxidation sites excluding steroid dienone is 7. The quantitative estimate of drug-likeness (QED) is 0.455. The van der Waals surface area contributed by atoms with E-state index < -0.39 is 0 Å². The molecule has 0 radical (unpaired) electrons. The van der Waals surface area contributed by atoms with Crippen molar-refractivity contribution in [1.29, 1.82) is 0 Å². The zero-order chi connectivity index (χ0) is 24.8. The number of aromatic nitrogens is 2. The van der Waals surface area contributed by atoms with Gasteiger partial charge in [0.15, 0.2) is 5.69 Å². The number of aryl methyl sites for hydroxylation is 1. The van der Waals surface area contributed by atoms with E-state index in [-0.39, 0.29) is 17.3 Å². The van der Waals surface area contributed by atoms with Gasteiger partial charge in [-0.3, -0.25) is 0 Å². The molecule has 0 saturated heterocycles. The van der Waals surface area contributed by atoms with Gasteiger partial charge in [-0.1, -0.05) is 56.3 Å². The van der Waals surface area contributed by atoms with Crippen molar-refractivity contribution >= 4 is 17.5 Å². The number of hydrogen-bond acceptors (Lipinski definition) is 4. The molecule has 0 spiro atoms. The first-order valence-corrected chi connectivity index (χ1v) is 12.5. The van der Waals surface area contributed by atoms with E-state index in [9.17, 15) is 4.39 Å². The minimum absolute atomic E-state index is 0.147. The van der Waals surface area contributed by atoms with Crippen LogP contribution in [-0.4, -0.2) is 21.3 Å². The second-order valence-electron chi connectivity index (χ2n) is 9.68. The SMILES string of the molecule is CC1=C/C(F)=C/CC(C)/C=C\1C1=Nc2c(ncnc2OC2(C)CC2)C=CC1.CCc1ccccc1. The fraction of sp³-hybridized carbons (Fsp3) is 0.367. The minimum Gasteiger partial charge on any atom is -0.470 e. The van der Waals surface area contributed by atoms with E-state index in [0.717, 1.165) is 41.8 Å². The van der Waals surface area contributed by atoms with Crippen molar-refractivity contribution < 1.29 is 9.13 Å². The summed E-state index contributed by atoms with van der Waals surface area (Å²) in [5.41, 5.74) is 5.43. The molecule has 5 heteroatoms. The van der Waals surface area contributed by atoms with Gasteiger partial charge in [0.1, 0.15) is 17.8 Å². The molecule has 2 heterocycles. The Morgan fingerprint density at radius 2 is 1.91 bits per heavy atom. The maximum Gasteiger partial charge on any atom is 0.244 e. The Balaban J connectivity index is 0.000000308. The molecule has 3 aliphatic rings. The molecule has 1 aliphatic heterocycles. The Kier molecular flexibility index (Phi) is 7.74. The summed E-state index contributed by atoms with van der Waals surface area (Å²) in [4.78, 5) is 13.6. The molecule has 1 atom stereocenters. The van der Waals surface area contributed by atoms with Gasteiger partial charge in [0, 0.05) is 6.42 Å². The molecule has 0 bridgehead atoms. The van der Waals surface area contributed by atoms with Crippen molar-refractivity contribution in [2.24, 2.45) is 10.9 Å². The summed E-state index contributed by atoms with van der Waals surface area (Å²) in [6, 6.07) is 10.5. The Bertz CT molecular complexity index is 1200. The van der Waals surface area contributed by atoms with Crippen LogP contribution < -0.4 is 4.74 Å². The summed E-state index contributed by atoms with van der Waals surface area (Å²) in [5, 5.41) is 0. The van der Waals surface area contributed by atoms with Gasteiger partial charge in [-0.25, -0.2) is 14.4 Å². The third-order valence-corrected chi connectivity index (χ3v) is 6.42. The van der Waals surface area contributed by atoms with Gasteiger partial charge in [-0.2, -0.15) is 4.98 Å². The summed E-state index contributed by atoms with van der Waals surface area (Å²) in [5.74, 6) is 0.567. The molecule has 1 saturated carbocycles. The molecule has 1 aromatic carbocycles. The molecule has 1 fully saturated rings. The van der Waals surface area contributed by atoms with Crippen molar-refractivity contribution in [2.75, 3.05) is 0 Å². The Hall–Kier alpha value is -3.34. The van der Waals surface area contributed by atoms with E-state index >= 15 is 0 Å². The van der Waals surface area contributed by atoms with Crippen molar-refractivity contribution in [1.82, 2.24) is 9.97 Å². The lowest BCUT2D eigenvalue weighted by molar-refractivity contribution is 0.192. The lowest BCUT2D eigenvalue weighted by Gasteiger charge is -2.17. The van der Waals surface area contributed by atoms with Crippen LogP contribution in [0.4, 0.5) is 10.1 Å². The van der Waals surface area contributed by atoms with Crippen molar-refractivity contribution in [3.05, 3.63) is 89.2 Å². The fourth-order valence-electron chi connectivity index (χ4n) is 3.99. The fourth-order valence-corrected chi connectivity index (χ4v) is 3.99. The molecular formula is C30H34FN3O. The monoisotopic (exact) mass is 471 g/mol. The third-order valence-electron chi connectivity index (χ3n) is 6.42. The highest BCUT2D eigenvalue weighted by molar-refractivity contribution is 6.07. The molecule has 1 unspecified atom stereocenters. The number of rotatable bonds is 4. The van der Waals surface area contributed by atoms with E-state index in [2.05, 4.69) is 61.1 Å². The van der Waals surface area contributed by atoms with Gasteiger partial charge in [0.05, 0.1) is 11.4 Å². The molecular weight excluding hydrogens is 437 g/mol. The van der Waals surface area contributed by atoms with Crippen LogP contribution in [-0.2, 0) is 6.42 Å². The highest BCUT2D eigenvalue weighted by atomic mass is 19.1. The molecule has 1 aromatic heterocycles. The Morgan fingerprint density at radius 3 is 2.60 bits per heavy atom. The van der Waals surface area contributed by atoms with Crippen LogP contribution in [0.2, 0.25) is 0 Å². The van der Waals surface area contributed by atoms with E-state index in [4.69, 9.17) is 9.73 Å². The smallest absolute Gasteiger partial charge is 0.244 e. The number of ether oxygens (including phenoxy) is 1. The molecule has 2 aliphatic carbocycles. The second kappa shape index (κ2) is 10.9. The molecule has 0 amide bonds. The molecule has 2 aromatic rings. The second-order valence-corrected chi connectivity index (χ2v) is 9.68. The average molecular weight is 472 g/mol. The number of nitrogens with zero attached hydrogens (tertiary/aromatic N) is 3. The number of benzene rings is 1. The van der Waals surface area contributed by atoms with Crippen LogP contribution in [0.15, 0.2) is 82.9 Å². The van der Waals surface area contributed by atoms with E-state index in [1.54, 1.807) is 12.2 Å². The van der Waals surface area contributed by atoms with E-state index in [1.165, 1.54) is 11.9 Å². The Labute approximate surface area is 208 Å². The van der Waals surface area contributed by atoms with Gasteiger partial charge in [0.25, 0.3) is 0 Å². The van der Waals surface area contributed by atoms with Crippen LogP contribution in [0, 0.1) is 5.92 Å². The van der Waals surface area contributed by atoms with Gasteiger partial charge >= 0.3 is 0 Å². The topological polar surface area (TPSA) is 47.4 Å². The number of hydrogen-bond donors (Lipinski definition) is 0. The normalized spacial score (nSPS) is 24.8. The highest BCUT2D eigenvalue weighted by Crippen LogP contribution is 2.43. The third kappa shape index (κ3) is 6.62. The predicted octanol–water partition coefficient (Wildman–Crippen LogP) is 7.91. The molecule has 4 nitrogen and oxygen atoms in total. The molecule has 5 rings (SSSR count). The maximum absolute atomic E-state index is 14.0. The van der Waals surface area contributed by atoms with Crippen molar-refractivity contribution in [3.63, 3.8) is 0 Å². The van der Waals surface area contributed by atoms with Crippen LogP contribution in [0.25, 0.3) is 6.08 Å². The van der Waals surface area contributed by atoms with Gasteiger partial charge < -0.3 is 4.74 Å². The zero-order valence-corrected chi connectivity index (χ0v) is 21.1. The number of fused-ring (bicyclic) bond motifs is 1. The van der Waals surface area contributed by atoms with Crippen LogP contribution in [0.3, 0.4) is 0 Å². The first kappa shape index (κ1) is 24.8. The molecule has 35 heavy (non-hydrogen) atoms. The number of halogens is 1. The van der Waals surface area contributed by atoms with Crippen LogP contribution in [0.5, 0.6) is 5.88 Å². The minimum atomic E-state index is -0.191. The summed E-state index contributed by atoms with van der Waals surface area (Å²) in [6.45, 7) is 8.27. The van der Waals surface area contributed by atoms with Gasteiger partial charge in [-0.05, 0) is 80.4 Å². The van der Waals surface area contributed by atoms with Crippen LogP contribution in [0.1, 0.15) is 64.6 Å². The van der Waals surface area contributed by atoms with Crippen molar-refractivity contribution in [3.8, 4) is 5.88 Å². The standard InChI is InChI=1S/C22H24FN3O.C8H10/c1-14-7-8-16(23)12-15(2)17(11-14)18-5-4-6-19-20(26-18)21(25-13-24-19)27-22(3)9-10-22;1-2-8-6-4-3-5-7-8/h4,6,8,11-14H,5,7,9-10H2,1-3H3;3-7H,2H2,1H3/b15-12-,16-8-,17-11+;. The van der Waals surface area contributed by atoms with Gasteiger partial charge in [-0.15, -0.1) is 0 Å². The van der Waals surface area contributed by atoms with E-state index in [0.29, 0.717) is 24.4 Å². The highest BCUT2D eigenvalue weighted by Gasteiger charge is 2.41. The van der Waals surface area contributed by atoms with Crippen molar-refractivity contribution in [2.45, 2.75) is 65.4 Å². The number of aliphatic imine (C=N–C) groups is 1. The van der Waals surface area contributed by atoms with E-state index in [1.807, 2.05) is 25.1 Å². The lowest BCUT2D eigenvalue weighted by Crippen LogP contribution is -2.14. The summed E-state index contributed by atoms with van der Waals surface area (Å²) in [6.07, 6.45) is 15.4. The predicted molar refractivity (Wildman–Crippen MR) is 142 cm³/mol. The van der Waals surface area contributed by atoms with Crippen LogP contribution >= 0.6 is 0 Å². The summed E-state index contributed by atoms with van der Waals surface area (Å²) >= 11 is 0. The largest absolute Gasteiger partial charge is 0.470 e. The molecule has 182 valence electrons. The van der Waals surface area contributed by atoms with Gasteiger partial charge in [0.2, 0.25) is 5.88 Å². The zero-order valence-electron chi connectivity index (χ0n) is 21.1.